The molecule has 0 bridgehead atoms. The van der Waals surface area contributed by atoms with Gasteiger partial charge in [0.1, 0.15) is 5.60 Å². The fourth-order valence-corrected chi connectivity index (χ4v) is 2.13. The van der Waals surface area contributed by atoms with Gasteiger partial charge in [0.25, 0.3) is 5.91 Å². The van der Waals surface area contributed by atoms with Gasteiger partial charge < -0.3 is 9.47 Å². The van der Waals surface area contributed by atoms with Gasteiger partial charge in [0.2, 0.25) is 0 Å². The highest BCUT2D eigenvalue weighted by Crippen LogP contribution is 2.25. The van der Waals surface area contributed by atoms with E-state index >= 15 is 0 Å². The number of hydrogen-bond acceptors (Lipinski definition) is 6. The standard InChI is InChI=1S/C18H25ClN4O5/c1-11(2)22-23(17(26)28-18(3,4)5)14(12-7-9-13(19)10-8-12)15(24)20-21-16(25)27-6/h7-10,14H,1-6H3,(H,20,24)(H,21,25). The zero-order valence-corrected chi connectivity index (χ0v) is 17.5. The Kier molecular flexibility index (Phi) is 8.24. The minimum absolute atomic E-state index is 0.407. The summed E-state index contributed by atoms with van der Waals surface area (Å²) in [5.74, 6) is -0.733. The van der Waals surface area contributed by atoms with Crippen LogP contribution in [-0.4, -0.2) is 41.5 Å². The van der Waals surface area contributed by atoms with E-state index in [4.69, 9.17) is 16.3 Å². The molecular formula is C18H25ClN4O5. The van der Waals surface area contributed by atoms with Crippen LogP contribution in [0, 0.1) is 0 Å². The second-order valence-electron chi connectivity index (χ2n) is 6.93. The number of halogens is 1. The van der Waals surface area contributed by atoms with E-state index in [0.717, 1.165) is 12.1 Å². The Morgan fingerprint density at radius 1 is 1.11 bits per heavy atom. The zero-order valence-electron chi connectivity index (χ0n) is 16.7. The lowest BCUT2D eigenvalue weighted by atomic mass is 10.1. The lowest BCUT2D eigenvalue weighted by Crippen LogP contribution is -2.49. The van der Waals surface area contributed by atoms with Crippen molar-refractivity contribution in [3.63, 3.8) is 0 Å². The summed E-state index contributed by atoms with van der Waals surface area (Å²) in [5, 5.41) is 5.53. The summed E-state index contributed by atoms with van der Waals surface area (Å²) in [5.41, 5.74) is 4.39. The van der Waals surface area contributed by atoms with Crippen molar-refractivity contribution in [2.24, 2.45) is 5.10 Å². The molecule has 0 aliphatic carbocycles. The molecule has 28 heavy (non-hydrogen) atoms. The Hall–Kier alpha value is -2.81. The first-order valence-corrected chi connectivity index (χ1v) is 8.75. The largest absolute Gasteiger partial charge is 0.452 e. The van der Waals surface area contributed by atoms with E-state index < -0.39 is 29.7 Å². The predicted octanol–water partition coefficient (Wildman–Crippen LogP) is 3.40. The van der Waals surface area contributed by atoms with Gasteiger partial charge in [0, 0.05) is 10.7 Å². The van der Waals surface area contributed by atoms with Crippen LogP contribution in [0.1, 0.15) is 46.2 Å². The molecule has 0 radical (unpaired) electrons. The van der Waals surface area contributed by atoms with Crippen LogP contribution in [0.4, 0.5) is 9.59 Å². The van der Waals surface area contributed by atoms with Gasteiger partial charge in [-0.15, -0.1) is 0 Å². The molecule has 1 unspecified atom stereocenters. The van der Waals surface area contributed by atoms with Crippen molar-refractivity contribution in [2.45, 2.75) is 46.3 Å². The second kappa shape index (κ2) is 9.93. The maximum absolute atomic E-state index is 12.8. The molecule has 0 aromatic heterocycles. The van der Waals surface area contributed by atoms with E-state index in [1.807, 2.05) is 0 Å². The molecule has 1 aromatic rings. The molecule has 10 heteroatoms. The lowest BCUT2D eigenvalue weighted by molar-refractivity contribution is -0.127. The molecule has 1 rings (SSSR count). The fourth-order valence-electron chi connectivity index (χ4n) is 2.01. The number of nitrogens with zero attached hydrogens (tertiary/aromatic N) is 2. The van der Waals surface area contributed by atoms with E-state index in [1.165, 1.54) is 0 Å². The number of benzene rings is 1. The molecule has 0 spiro atoms. The van der Waals surface area contributed by atoms with Gasteiger partial charge in [-0.25, -0.2) is 15.0 Å². The second-order valence-corrected chi connectivity index (χ2v) is 7.37. The number of hydrazine groups is 1. The number of carbonyl (C=O) groups excluding carboxylic acids is 3. The molecule has 0 saturated carbocycles. The Bertz CT molecular complexity index is 739. The first-order valence-electron chi connectivity index (χ1n) is 8.38. The average molecular weight is 413 g/mol. The van der Waals surface area contributed by atoms with Gasteiger partial charge in [-0.2, -0.15) is 10.1 Å². The summed E-state index contributed by atoms with van der Waals surface area (Å²) in [6.07, 6.45) is -1.70. The number of amides is 3. The van der Waals surface area contributed by atoms with E-state index in [0.29, 0.717) is 16.3 Å². The predicted molar refractivity (Wildman–Crippen MR) is 105 cm³/mol. The maximum Gasteiger partial charge on any atom is 0.432 e. The van der Waals surface area contributed by atoms with E-state index in [9.17, 15) is 14.4 Å². The number of nitrogens with one attached hydrogen (secondary N) is 2. The molecule has 154 valence electrons. The number of rotatable bonds is 4. The van der Waals surface area contributed by atoms with Crippen molar-refractivity contribution in [2.75, 3.05) is 7.11 Å². The Labute approximate surface area is 169 Å². The van der Waals surface area contributed by atoms with E-state index in [-0.39, 0.29) is 0 Å². The molecule has 0 heterocycles. The number of carbonyl (C=O) groups is 3. The van der Waals surface area contributed by atoms with Gasteiger partial charge in [-0.1, -0.05) is 23.7 Å². The molecule has 1 atom stereocenters. The van der Waals surface area contributed by atoms with Crippen LogP contribution in [0.3, 0.4) is 0 Å². The van der Waals surface area contributed by atoms with Crippen molar-refractivity contribution in [1.29, 1.82) is 0 Å². The topological polar surface area (TPSA) is 109 Å². The minimum atomic E-state index is -1.24. The van der Waals surface area contributed by atoms with Gasteiger partial charge in [-0.3, -0.25) is 10.2 Å². The SMILES string of the molecule is COC(=O)NNC(=O)C(c1ccc(Cl)cc1)N(N=C(C)C)C(=O)OC(C)(C)C. The zero-order chi connectivity index (χ0) is 21.5. The monoisotopic (exact) mass is 412 g/mol. The van der Waals surface area contributed by atoms with Crippen molar-refractivity contribution >= 4 is 35.4 Å². The molecule has 3 amide bonds. The summed E-state index contributed by atoms with van der Waals surface area (Å²) in [6, 6.07) is 5.05. The van der Waals surface area contributed by atoms with Crippen LogP contribution in [0.15, 0.2) is 29.4 Å². The maximum atomic E-state index is 12.8. The van der Waals surface area contributed by atoms with Gasteiger partial charge in [-0.05, 0) is 52.3 Å². The third-order valence-electron chi connectivity index (χ3n) is 3.04. The average Bonchev–Trinajstić information content (AvgIpc) is 2.58. The van der Waals surface area contributed by atoms with Gasteiger partial charge in [0.15, 0.2) is 6.04 Å². The van der Waals surface area contributed by atoms with Crippen LogP contribution in [0.25, 0.3) is 0 Å². The Balaban J connectivity index is 3.35. The molecule has 1 aromatic carbocycles. The normalized spacial score (nSPS) is 11.7. The molecular weight excluding hydrogens is 388 g/mol. The van der Waals surface area contributed by atoms with Crippen molar-refractivity contribution in [3.8, 4) is 0 Å². The molecule has 2 N–H and O–H groups in total. The highest BCUT2D eigenvalue weighted by atomic mass is 35.5. The van der Waals surface area contributed by atoms with Crippen LogP contribution >= 0.6 is 11.6 Å². The molecule has 0 aliphatic rings. The van der Waals surface area contributed by atoms with E-state index in [1.54, 1.807) is 58.9 Å². The third-order valence-corrected chi connectivity index (χ3v) is 3.29. The number of ether oxygens (including phenoxy) is 2. The number of hydrogen-bond donors (Lipinski definition) is 2. The fraction of sp³-hybridized carbons (Fsp3) is 0.444. The number of hydrazone groups is 1. The first-order chi connectivity index (χ1) is 12.9. The lowest BCUT2D eigenvalue weighted by Gasteiger charge is -2.30. The molecule has 0 saturated heterocycles. The summed E-state index contributed by atoms with van der Waals surface area (Å²) in [4.78, 5) is 36.9. The van der Waals surface area contributed by atoms with Crippen molar-refractivity contribution in [1.82, 2.24) is 15.9 Å². The van der Waals surface area contributed by atoms with Crippen LogP contribution < -0.4 is 10.9 Å². The molecule has 9 nitrogen and oxygen atoms in total. The van der Waals surface area contributed by atoms with Crippen LogP contribution in [-0.2, 0) is 14.3 Å². The van der Waals surface area contributed by atoms with Gasteiger partial charge >= 0.3 is 12.2 Å². The number of methoxy groups -OCH3 is 1. The highest BCUT2D eigenvalue weighted by Gasteiger charge is 2.35. The summed E-state index contributed by atoms with van der Waals surface area (Å²) < 4.78 is 9.81. The van der Waals surface area contributed by atoms with Crippen molar-refractivity contribution < 1.29 is 23.9 Å². The summed E-state index contributed by atoms with van der Waals surface area (Å²) in [6.45, 7) is 8.42. The Morgan fingerprint density at radius 2 is 1.68 bits per heavy atom. The van der Waals surface area contributed by atoms with Crippen LogP contribution in [0.5, 0.6) is 0 Å². The summed E-state index contributed by atoms with van der Waals surface area (Å²) in [7, 11) is 1.15. The quantitative estimate of drug-likeness (QED) is 0.581. The third kappa shape index (κ3) is 7.43. The van der Waals surface area contributed by atoms with Gasteiger partial charge in [0.05, 0.1) is 7.11 Å². The highest BCUT2D eigenvalue weighted by molar-refractivity contribution is 6.30. The molecule has 0 aliphatic heterocycles. The smallest absolute Gasteiger partial charge is 0.432 e. The first kappa shape index (κ1) is 23.2. The van der Waals surface area contributed by atoms with E-state index in [2.05, 4.69) is 20.7 Å². The molecule has 0 fully saturated rings. The van der Waals surface area contributed by atoms with Crippen LogP contribution in [0.2, 0.25) is 5.02 Å². The minimum Gasteiger partial charge on any atom is -0.452 e. The Morgan fingerprint density at radius 3 is 2.14 bits per heavy atom. The summed E-state index contributed by atoms with van der Waals surface area (Å²) >= 11 is 5.92. The van der Waals surface area contributed by atoms with Crippen molar-refractivity contribution in [3.05, 3.63) is 34.9 Å².